The lowest BCUT2D eigenvalue weighted by Gasteiger charge is -2.40. The summed E-state index contributed by atoms with van der Waals surface area (Å²) in [5.74, 6) is 0. The van der Waals surface area contributed by atoms with E-state index in [4.69, 9.17) is 9.84 Å². The normalized spacial score (nSPS) is 31.8. The highest BCUT2D eigenvalue weighted by molar-refractivity contribution is 5.62. The van der Waals surface area contributed by atoms with Gasteiger partial charge in [-0.15, -0.1) is 0 Å². The smallest absolute Gasteiger partial charge is 0.292 e. The molecular formula is C13H18N2O7. The zero-order valence-electron chi connectivity index (χ0n) is 11.8. The number of nitrogens with zero attached hydrogens (tertiary/aromatic N) is 1. The van der Waals surface area contributed by atoms with Crippen LogP contribution in [0.25, 0.3) is 0 Å². The van der Waals surface area contributed by atoms with Gasteiger partial charge in [-0.25, -0.2) is 0 Å². The molecule has 0 aromatic heterocycles. The summed E-state index contributed by atoms with van der Waals surface area (Å²) in [5, 5.41) is 52.1. The van der Waals surface area contributed by atoms with Crippen LogP contribution in [0.3, 0.4) is 0 Å². The van der Waals surface area contributed by atoms with E-state index < -0.39 is 42.2 Å². The van der Waals surface area contributed by atoms with Gasteiger partial charge < -0.3 is 30.5 Å². The van der Waals surface area contributed by atoms with Crippen LogP contribution in [0.5, 0.6) is 0 Å². The van der Waals surface area contributed by atoms with Crippen LogP contribution in [-0.2, 0) is 4.74 Å². The van der Waals surface area contributed by atoms with Gasteiger partial charge in [-0.05, 0) is 18.6 Å². The number of nitro benzene ring substituents is 1. The largest absolute Gasteiger partial charge is 0.394 e. The molecule has 5 atom stereocenters. The predicted octanol–water partition coefficient (Wildman–Crippen LogP) is -0.885. The van der Waals surface area contributed by atoms with Gasteiger partial charge in [0, 0.05) is 6.07 Å². The molecule has 1 aromatic rings. The maximum atomic E-state index is 11.1. The Morgan fingerprint density at radius 3 is 2.55 bits per heavy atom. The Kier molecular flexibility index (Phi) is 4.94. The molecule has 0 bridgehead atoms. The number of nitro groups is 1. The van der Waals surface area contributed by atoms with Gasteiger partial charge in [-0.3, -0.25) is 10.1 Å². The molecule has 0 saturated carbocycles. The van der Waals surface area contributed by atoms with Gasteiger partial charge in [0.15, 0.2) is 6.23 Å². The molecule has 0 spiro atoms. The van der Waals surface area contributed by atoms with Crippen molar-refractivity contribution in [3.63, 3.8) is 0 Å². The molecule has 1 aliphatic rings. The summed E-state index contributed by atoms with van der Waals surface area (Å²) in [6, 6.07) is 4.45. The minimum absolute atomic E-state index is 0.0972. The molecule has 0 radical (unpaired) electrons. The Bertz CT molecular complexity index is 551. The van der Waals surface area contributed by atoms with Crippen molar-refractivity contribution in [3.8, 4) is 0 Å². The summed E-state index contributed by atoms with van der Waals surface area (Å²) in [4.78, 5) is 10.5. The quantitative estimate of drug-likeness (QED) is 0.355. The highest BCUT2D eigenvalue weighted by Gasteiger charge is 2.43. The molecule has 0 amide bonds. The predicted molar refractivity (Wildman–Crippen MR) is 75.2 cm³/mol. The van der Waals surface area contributed by atoms with E-state index in [-0.39, 0.29) is 11.4 Å². The first-order valence-corrected chi connectivity index (χ1v) is 6.67. The van der Waals surface area contributed by atoms with Crippen molar-refractivity contribution in [2.75, 3.05) is 11.9 Å². The molecule has 9 heteroatoms. The fourth-order valence-corrected chi connectivity index (χ4v) is 2.29. The Morgan fingerprint density at radius 2 is 1.95 bits per heavy atom. The maximum Gasteiger partial charge on any atom is 0.292 e. The number of aryl methyl sites for hydroxylation is 1. The summed E-state index contributed by atoms with van der Waals surface area (Å²) in [6.07, 6.45) is -6.84. The molecule has 1 fully saturated rings. The molecular weight excluding hydrogens is 296 g/mol. The average molecular weight is 314 g/mol. The molecule has 0 aliphatic carbocycles. The summed E-state index contributed by atoms with van der Waals surface area (Å²) in [6.45, 7) is 1.13. The van der Waals surface area contributed by atoms with Gasteiger partial charge in [0.2, 0.25) is 0 Å². The highest BCUT2D eigenvalue weighted by Crippen LogP contribution is 2.29. The van der Waals surface area contributed by atoms with E-state index in [1.807, 2.05) is 0 Å². The molecule has 1 aromatic carbocycles. The molecule has 1 aliphatic heterocycles. The molecule has 2 rings (SSSR count). The summed E-state index contributed by atoms with van der Waals surface area (Å²) in [7, 11) is 0. The van der Waals surface area contributed by atoms with Gasteiger partial charge >= 0.3 is 0 Å². The van der Waals surface area contributed by atoms with E-state index in [9.17, 15) is 25.4 Å². The van der Waals surface area contributed by atoms with E-state index in [1.165, 1.54) is 12.1 Å². The van der Waals surface area contributed by atoms with Crippen molar-refractivity contribution in [1.29, 1.82) is 0 Å². The highest BCUT2D eigenvalue weighted by atomic mass is 16.6. The lowest BCUT2D eigenvalue weighted by Crippen LogP contribution is -2.60. The fourth-order valence-electron chi connectivity index (χ4n) is 2.29. The standard InChI is InChI=1S/C13H18N2O7/c1-6-2-3-7(8(4-6)15(20)21)14-13-12(19)11(18)10(17)9(5-16)22-13/h2-4,9-14,16-19H,5H2,1H3/t9-,10+,11+,12-,13+/m0/s1. The molecule has 1 heterocycles. The van der Waals surface area contributed by atoms with Crippen LogP contribution < -0.4 is 5.32 Å². The first-order valence-electron chi connectivity index (χ1n) is 6.67. The van der Waals surface area contributed by atoms with Crippen LogP contribution in [-0.4, -0.2) is 62.6 Å². The third-order valence-electron chi connectivity index (χ3n) is 3.54. The fraction of sp³-hybridized carbons (Fsp3) is 0.538. The Hall–Kier alpha value is -1.78. The third kappa shape index (κ3) is 3.18. The summed E-state index contributed by atoms with van der Waals surface area (Å²) >= 11 is 0. The third-order valence-corrected chi connectivity index (χ3v) is 3.54. The van der Waals surface area contributed by atoms with Crippen molar-refractivity contribution < 1.29 is 30.1 Å². The van der Waals surface area contributed by atoms with Gasteiger partial charge in [-0.2, -0.15) is 0 Å². The number of ether oxygens (including phenoxy) is 1. The number of benzene rings is 1. The second kappa shape index (κ2) is 6.55. The topological polar surface area (TPSA) is 145 Å². The first kappa shape index (κ1) is 16.6. The van der Waals surface area contributed by atoms with E-state index in [0.29, 0.717) is 5.56 Å². The minimum atomic E-state index is -1.55. The minimum Gasteiger partial charge on any atom is -0.394 e. The SMILES string of the molecule is Cc1ccc(N[C@@H]2O[C@@H](CO)[C@@H](O)[C@@H](O)[C@@H]2O)c([N+](=O)[O-])c1. The number of rotatable bonds is 4. The second-order valence-electron chi connectivity index (χ2n) is 5.17. The molecule has 22 heavy (non-hydrogen) atoms. The van der Waals surface area contributed by atoms with Crippen molar-refractivity contribution >= 4 is 11.4 Å². The van der Waals surface area contributed by atoms with Crippen molar-refractivity contribution in [1.82, 2.24) is 0 Å². The van der Waals surface area contributed by atoms with E-state index in [0.717, 1.165) is 0 Å². The number of nitrogens with one attached hydrogen (secondary N) is 1. The van der Waals surface area contributed by atoms with Crippen LogP contribution in [0.4, 0.5) is 11.4 Å². The molecule has 0 unspecified atom stereocenters. The van der Waals surface area contributed by atoms with Crippen molar-refractivity contribution in [3.05, 3.63) is 33.9 Å². The monoisotopic (exact) mass is 314 g/mol. The van der Waals surface area contributed by atoms with E-state index in [1.54, 1.807) is 13.0 Å². The number of anilines is 1. The average Bonchev–Trinajstić information content (AvgIpc) is 2.49. The molecule has 5 N–H and O–H groups in total. The van der Waals surface area contributed by atoms with Crippen molar-refractivity contribution in [2.24, 2.45) is 0 Å². The number of hydrogen-bond donors (Lipinski definition) is 5. The number of aliphatic hydroxyl groups excluding tert-OH is 4. The number of aliphatic hydroxyl groups is 4. The lowest BCUT2D eigenvalue weighted by atomic mass is 9.98. The van der Waals surface area contributed by atoms with Crippen LogP contribution in [0.15, 0.2) is 18.2 Å². The van der Waals surface area contributed by atoms with E-state index in [2.05, 4.69) is 5.32 Å². The molecule has 9 nitrogen and oxygen atoms in total. The Balaban J connectivity index is 2.24. The van der Waals surface area contributed by atoms with Gasteiger partial charge in [0.05, 0.1) is 11.5 Å². The van der Waals surface area contributed by atoms with Gasteiger partial charge in [0.1, 0.15) is 30.1 Å². The van der Waals surface area contributed by atoms with Gasteiger partial charge in [-0.1, -0.05) is 6.07 Å². The van der Waals surface area contributed by atoms with E-state index >= 15 is 0 Å². The second-order valence-corrected chi connectivity index (χ2v) is 5.17. The Morgan fingerprint density at radius 1 is 1.27 bits per heavy atom. The van der Waals surface area contributed by atoms with Crippen molar-refractivity contribution in [2.45, 2.75) is 37.6 Å². The van der Waals surface area contributed by atoms with Crippen LogP contribution >= 0.6 is 0 Å². The zero-order chi connectivity index (χ0) is 16.4. The van der Waals surface area contributed by atoms with Crippen LogP contribution in [0.2, 0.25) is 0 Å². The lowest BCUT2D eigenvalue weighted by molar-refractivity contribution is -0.384. The summed E-state index contributed by atoms with van der Waals surface area (Å²) in [5.41, 5.74) is 0.572. The van der Waals surface area contributed by atoms with Crippen LogP contribution in [0.1, 0.15) is 5.56 Å². The van der Waals surface area contributed by atoms with Gasteiger partial charge in [0.25, 0.3) is 5.69 Å². The summed E-state index contributed by atoms with van der Waals surface area (Å²) < 4.78 is 5.26. The Labute approximate surface area is 125 Å². The maximum absolute atomic E-state index is 11.1. The number of hydrogen-bond acceptors (Lipinski definition) is 8. The molecule has 1 saturated heterocycles. The zero-order valence-corrected chi connectivity index (χ0v) is 11.8. The first-order chi connectivity index (χ1) is 10.3. The van der Waals surface area contributed by atoms with Crippen LogP contribution in [0, 0.1) is 17.0 Å². The molecule has 122 valence electrons.